The summed E-state index contributed by atoms with van der Waals surface area (Å²) >= 11 is 0. The highest BCUT2D eigenvalue weighted by Crippen LogP contribution is 2.11. The topological polar surface area (TPSA) is 93.2 Å². The number of carbonyl (C=O) groups is 4. The van der Waals surface area contributed by atoms with Crippen LogP contribution in [0.5, 0.6) is 0 Å². The second-order valence-corrected chi connectivity index (χ2v) is 9.46. The van der Waals surface area contributed by atoms with E-state index in [0.717, 1.165) is 25.7 Å². The van der Waals surface area contributed by atoms with Crippen LogP contribution in [0.15, 0.2) is 12.2 Å². The Morgan fingerprint density at radius 2 is 1.23 bits per heavy atom. The maximum atomic E-state index is 12.2. The van der Waals surface area contributed by atoms with Crippen molar-refractivity contribution in [2.75, 3.05) is 26.2 Å². The van der Waals surface area contributed by atoms with E-state index in [-0.39, 0.29) is 36.8 Å². The average Bonchev–Trinajstić information content (AvgIpc) is 2.85. The molecule has 0 N–H and O–H groups in total. The largest absolute Gasteiger partial charge is 0.459 e. The third-order valence-electron chi connectivity index (χ3n) is 4.05. The fourth-order valence-electron chi connectivity index (χ4n) is 2.94. The Balaban J connectivity index is 2.43. The smallest absolute Gasteiger partial charge is 0.320 e. The summed E-state index contributed by atoms with van der Waals surface area (Å²) in [4.78, 5) is 50.4. The van der Waals surface area contributed by atoms with Crippen molar-refractivity contribution in [3.8, 4) is 0 Å². The van der Waals surface area contributed by atoms with Gasteiger partial charge in [0.25, 0.3) is 11.8 Å². The molecule has 0 saturated heterocycles. The molecular formula is C22H36N2O6. The van der Waals surface area contributed by atoms with E-state index < -0.39 is 11.2 Å². The van der Waals surface area contributed by atoms with Crippen LogP contribution in [-0.4, -0.2) is 70.9 Å². The number of amides is 2. The standard InChI is InChI=1S/C22H36N2O6/c1-21(2,3)29-19(27)15-23(16-20(28)30-22(4,5)6)13-9-7-8-10-14-24-17(25)11-12-18(24)26/h11-12H,7-10,13-16H2,1-6H3. The number of hydrogen-bond donors (Lipinski definition) is 0. The van der Waals surface area contributed by atoms with Crippen molar-refractivity contribution in [3.05, 3.63) is 12.2 Å². The van der Waals surface area contributed by atoms with E-state index in [9.17, 15) is 19.2 Å². The second-order valence-electron chi connectivity index (χ2n) is 9.46. The predicted octanol–water partition coefficient (Wildman–Crippen LogP) is 2.46. The predicted molar refractivity (Wildman–Crippen MR) is 112 cm³/mol. The SMILES string of the molecule is CC(C)(C)OC(=O)CN(CCCCCCN1C(=O)C=CC1=O)CC(=O)OC(C)(C)C. The van der Waals surface area contributed by atoms with Gasteiger partial charge in [0.2, 0.25) is 0 Å². The third-order valence-corrected chi connectivity index (χ3v) is 4.05. The molecule has 2 amide bonds. The van der Waals surface area contributed by atoms with Crippen LogP contribution in [0.2, 0.25) is 0 Å². The molecule has 0 aromatic rings. The van der Waals surface area contributed by atoms with E-state index in [1.807, 2.05) is 0 Å². The summed E-state index contributed by atoms with van der Waals surface area (Å²) in [6.45, 7) is 11.8. The number of esters is 2. The van der Waals surface area contributed by atoms with Crippen molar-refractivity contribution in [1.29, 1.82) is 0 Å². The number of imide groups is 1. The van der Waals surface area contributed by atoms with Gasteiger partial charge in [-0.1, -0.05) is 12.8 Å². The zero-order chi connectivity index (χ0) is 22.9. The van der Waals surface area contributed by atoms with E-state index in [2.05, 4.69) is 0 Å². The van der Waals surface area contributed by atoms with Crippen molar-refractivity contribution in [3.63, 3.8) is 0 Å². The molecule has 0 spiro atoms. The molecule has 0 fully saturated rings. The van der Waals surface area contributed by atoms with Crippen molar-refractivity contribution in [1.82, 2.24) is 9.80 Å². The van der Waals surface area contributed by atoms with Crippen LogP contribution in [0.1, 0.15) is 67.2 Å². The van der Waals surface area contributed by atoms with Gasteiger partial charge in [0.15, 0.2) is 0 Å². The highest BCUT2D eigenvalue weighted by atomic mass is 16.6. The molecule has 1 rings (SSSR count). The average molecular weight is 425 g/mol. The lowest BCUT2D eigenvalue weighted by atomic mass is 10.1. The van der Waals surface area contributed by atoms with Gasteiger partial charge in [-0.3, -0.25) is 29.0 Å². The fourth-order valence-corrected chi connectivity index (χ4v) is 2.94. The van der Waals surface area contributed by atoms with Crippen LogP contribution in [0.25, 0.3) is 0 Å². The highest BCUT2D eigenvalue weighted by Gasteiger charge is 2.24. The van der Waals surface area contributed by atoms with Gasteiger partial charge in [-0.2, -0.15) is 0 Å². The van der Waals surface area contributed by atoms with Gasteiger partial charge in [-0.25, -0.2) is 0 Å². The van der Waals surface area contributed by atoms with Crippen LogP contribution in [0.4, 0.5) is 0 Å². The van der Waals surface area contributed by atoms with Crippen LogP contribution in [-0.2, 0) is 28.7 Å². The van der Waals surface area contributed by atoms with Crippen LogP contribution >= 0.6 is 0 Å². The fraction of sp³-hybridized carbons (Fsp3) is 0.727. The van der Waals surface area contributed by atoms with Gasteiger partial charge >= 0.3 is 11.9 Å². The summed E-state index contributed by atoms with van der Waals surface area (Å²) in [6.07, 6.45) is 5.75. The molecule has 30 heavy (non-hydrogen) atoms. The van der Waals surface area contributed by atoms with Crippen LogP contribution in [0, 0.1) is 0 Å². The van der Waals surface area contributed by atoms with Gasteiger partial charge < -0.3 is 9.47 Å². The Morgan fingerprint density at radius 3 is 1.67 bits per heavy atom. The van der Waals surface area contributed by atoms with Crippen molar-refractivity contribution in [2.24, 2.45) is 0 Å². The lowest BCUT2D eigenvalue weighted by Gasteiger charge is -2.26. The minimum Gasteiger partial charge on any atom is -0.459 e. The lowest BCUT2D eigenvalue weighted by Crippen LogP contribution is -2.40. The van der Waals surface area contributed by atoms with Gasteiger partial charge in [0.05, 0.1) is 13.1 Å². The normalized spacial score (nSPS) is 14.6. The Labute approximate surface area is 179 Å². The molecule has 0 aromatic carbocycles. The summed E-state index contributed by atoms with van der Waals surface area (Å²) in [5, 5.41) is 0. The monoisotopic (exact) mass is 424 g/mol. The van der Waals surface area contributed by atoms with E-state index in [4.69, 9.17) is 9.47 Å². The van der Waals surface area contributed by atoms with E-state index in [1.54, 1.807) is 46.4 Å². The summed E-state index contributed by atoms with van der Waals surface area (Å²) in [5.41, 5.74) is -1.18. The molecular weight excluding hydrogens is 388 g/mol. The quantitative estimate of drug-likeness (QED) is 0.286. The first-order chi connectivity index (χ1) is 13.8. The molecule has 1 aliphatic rings. The maximum Gasteiger partial charge on any atom is 0.320 e. The minimum atomic E-state index is -0.589. The van der Waals surface area contributed by atoms with Crippen molar-refractivity contribution in [2.45, 2.75) is 78.4 Å². The van der Waals surface area contributed by atoms with Crippen molar-refractivity contribution < 1.29 is 28.7 Å². The number of carbonyl (C=O) groups excluding carboxylic acids is 4. The summed E-state index contributed by atoms with van der Waals surface area (Å²) in [6, 6.07) is 0. The van der Waals surface area contributed by atoms with E-state index in [0.29, 0.717) is 13.1 Å². The summed E-state index contributed by atoms with van der Waals surface area (Å²) in [5.74, 6) is -1.30. The first-order valence-electron chi connectivity index (χ1n) is 10.5. The zero-order valence-corrected chi connectivity index (χ0v) is 19.2. The Kier molecular flexibility index (Phi) is 9.68. The van der Waals surface area contributed by atoms with E-state index in [1.165, 1.54) is 17.1 Å². The minimum absolute atomic E-state index is 0.0129. The lowest BCUT2D eigenvalue weighted by molar-refractivity contribution is -0.160. The molecule has 0 aromatic heterocycles. The van der Waals surface area contributed by atoms with Gasteiger partial charge in [0.1, 0.15) is 11.2 Å². The Hall–Kier alpha value is -2.22. The van der Waals surface area contributed by atoms with Gasteiger partial charge in [-0.15, -0.1) is 0 Å². The molecule has 1 heterocycles. The first kappa shape index (κ1) is 25.8. The van der Waals surface area contributed by atoms with Crippen LogP contribution in [0.3, 0.4) is 0 Å². The molecule has 0 unspecified atom stereocenters. The first-order valence-corrected chi connectivity index (χ1v) is 10.5. The maximum absolute atomic E-state index is 12.2. The number of hydrogen-bond acceptors (Lipinski definition) is 7. The van der Waals surface area contributed by atoms with Gasteiger partial charge in [-0.05, 0) is 60.9 Å². The Bertz CT molecular complexity index is 610. The molecule has 8 heteroatoms. The molecule has 170 valence electrons. The number of unbranched alkanes of at least 4 members (excludes halogenated alkanes) is 3. The molecule has 0 atom stereocenters. The highest BCUT2D eigenvalue weighted by molar-refractivity contribution is 6.12. The number of rotatable bonds is 11. The molecule has 1 aliphatic heterocycles. The molecule has 0 aliphatic carbocycles. The second kappa shape index (κ2) is 11.2. The van der Waals surface area contributed by atoms with E-state index >= 15 is 0 Å². The van der Waals surface area contributed by atoms with Crippen molar-refractivity contribution >= 4 is 23.8 Å². The molecule has 0 bridgehead atoms. The number of nitrogens with zero attached hydrogens (tertiary/aromatic N) is 2. The molecule has 8 nitrogen and oxygen atoms in total. The van der Waals surface area contributed by atoms with Crippen LogP contribution < -0.4 is 0 Å². The number of ether oxygens (including phenoxy) is 2. The summed E-state index contributed by atoms with van der Waals surface area (Å²) < 4.78 is 10.7. The Morgan fingerprint density at radius 1 is 0.800 bits per heavy atom. The zero-order valence-electron chi connectivity index (χ0n) is 19.2. The van der Waals surface area contributed by atoms with Gasteiger partial charge in [0, 0.05) is 18.7 Å². The molecule has 0 radical (unpaired) electrons. The summed E-state index contributed by atoms with van der Waals surface area (Å²) in [7, 11) is 0. The third kappa shape index (κ3) is 11.1. The molecule has 0 saturated carbocycles.